The van der Waals surface area contributed by atoms with E-state index in [9.17, 15) is 4.79 Å². The van der Waals surface area contributed by atoms with E-state index in [1.165, 1.54) is 0 Å². The number of hydrogen-bond acceptors (Lipinski definition) is 4. The highest BCUT2D eigenvalue weighted by atomic mass is 35.5. The van der Waals surface area contributed by atoms with Crippen LogP contribution in [0, 0.1) is 0 Å². The summed E-state index contributed by atoms with van der Waals surface area (Å²) in [7, 11) is 0. The standard InChI is InChI=1S/C11H11ClO4/c1-2-14-11(13)10-6-15-8-4-3-7(12)5-9(8)16-10/h3-5,10H,2,6H2,1H3. The molecule has 1 aromatic carbocycles. The summed E-state index contributed by atoms with van der Waals surface area (Å²) in [5.74, 6) is 0.634. The highest BCUT2D eigenvalue weighted by Gasteiger charge is 2.28. The molecule has 86 valence electrons. The predicted octanol–water partition coefficient (Wildman–Crippen LogP) is 2.04. The molecule has 0 amide bonds. The van der Waals surface area contributed by atoms with Gasteiger partial charge in [-0.3, -0.25) is 0 Å². The third-order valence-corrected chi connectivity index (χ3v) is 2.35. The van der Waals surface area contributed by atoms with Gasteiger partial charge in [-0.2, -0.15) is 0 Å². The summed E-state index contributed by atoms with van der Waals surface area (Å²) in [4.78, 5) is 11.4. The molecule has 1 aliphatic heterocycles. The number of hydrogen-bond donors (Lipinski definition) is 0. The molecule has 16 heavy (non-hydrogen) atoms. The molecule has 0 saturated heterocycles. The van der Waals surface area contributed by atoms with Crippen LogP contribution >= 0.6 is 11.6 Å². The number of ether oxygens (including phenoxy) is 3. The molecular formula is C11H11ClO4. The third-order valence-electron chi connectivity index (χ3n) is 2.11. The fourth-order valence-corrected chi connectivity index (χ4v) is 1.56. The zero-order valence-corrected chi connectivity index (χ0v) is 9.49. The Morgan fingerprint density at radius 2 is 2.38 bits per heavy atom. The number of esters is 1. The van der Waals surface area contributed by atoms with E-state index >= 15 is 0 Å². The molecule has 4 nitrogen and oxygen atoms in total. The molecule has 1 aliphatic rings. The third kappa shape index (κ3) is 2.22. The summed E-state index contributed by atoms with van der Waals surface area (Å²) in [5, 5.41) is 0.534. The van der Waals surface area contributed by atoms with Crippen molar-refractivity contribution in [3.8, 4) is 11.5 Å². The van der Waals surface area contributed by atoms with Crippen LogP contribution in [0.5, 0.6) is 11.5 Å². The van der Waals surface area contributed by atoms with E-state index in [2.05, 4.69) is 0 Å². The molecule has 1 unspecified atom stereocenters. The Hall–Kier alpha value is -1.42. The number of carbonyl (C=O) groups excluding carboxylic acids is 1. The Bertz CT molecular complexity index is 405. The van der Waals surface area contributed by atoms with Crippen molar-refractivity contribution in [3.05, 3.63) is 23.2 Å². The molecule has 0 bridgehead atoms. The average molecular weight is 243 g/mol. The minimum Gasteiger partial charge on any atom is -0.485 e. The van der Waals surface area contributed by atoms with Gasteiger partial charge in [0, 0.05) is 11.1 Å². The largest absolute Gasteiger partial charge is 0.485 e. The summed E-state index contributed by atoms with van der Waals surface area (Å²) in [6, 6.07) is 5.02. The van der Waals surface area contributed by atoms with Gasteiger partial charge in [0.25, 0.3) is 0 Å². The van der Waals surface area contributed by atoms with Crippen LogP contribution in [0.4, 0.5) is 0 Å². The Morgan fingerprint density at radius 1 is 1.56 bits per heavy atom. The lowest BCUT2D eigenvalue weighted by atomic mass is 10.2. The van der Waals surface area contributed by atoms with Crippen LogP contribution in [-0.2, 0) is 9.53 Å². The molecule has 0 aliphatic carbocycles. The van der Waals surface area contributed by atoms with Gasteiger partial charge >= 0.3 is 5.97 Å². The number of halogens is 1. The molecule has 0 N–H and O–H groups in total. The van der Waals surface area contributed by atoms with E-state index in [-0.39, 0.29) is 6.61 Å². The smallest absolute Gasteiger partial charge is 0.350 e. The lowest BCUT2D eigenvalue weighted by Crippen LogP contribution is -2.37. The van der Waals surface area contributed by atoms with Gasteiger partial charge in [0.15, 0.2) is 11.5 Å². The van der Waals surface area contributed by atoms with E-state index in [4.69, 9.17) is 25.8 Å². The highest BCUT2D eigenvalue weighted by Crippen LogP contribution is 2.34. The van der Waals surface area contributed by atoms with Crippen LogP contribution in [0.1, 0.15) is 6.92 Å². The van der Waals surface area contributed by atoms with E-state index in [0.29, 0.717) is 23.1 Å². The van der Waals surface area contributed by atoms with Crippen molar-refractivity contribution < 1.29 is 19.0 Å². The second-order valence-corrected chi connectivity index (χ2v) is 3.70. The molecule has 0 fully saturated rings. The van der Waals surface area contributed by atoms with Crippen molar-refractivity contribution in [1.29, 1.82) is 0 Å². The summed E-state index contributed by atoms with van der Waals surface area (Å²) >= 11 is 5.81. The quantitative estimate of drug-likeness (QED) is 0.745. The second-order valence-electron chi connectivity index (χ2n) is 3.26. The Labute approximate surface area is 98.1 Å². The van der Waals surface area contributed by atoms with Crippen LogP contribution in [0.15, 0.2) is 18.2 Å². The van der Waals surface area contributed by atoms with Crippen LogP contribution in [0.3, 0.4) is 0 Å². The molecule has 0 aromatic heterocycles. The molecule has 1 aromatic rings. The SMILES string of the molecule is CCOC(=O)C1COc2ccc(Cl)cc2O1. The molecule has 0 saturated carbocycles. The first-order valence-corrected chi connectivity index (χ1v) is 5.34. The van der Waals surface area contributed by atoms with E-state index < -0.39 is 12.1 Å². The van der Waals surface area contributed by atoms with Gasteiger partial charge in [-0.05, 0) is 19.1 Å². The fraction of sp³-hybridized carbons (Fsp3) is 0.364. The zero-order valence-electron chi connectivity index (χ0n) is 8.73. The first kappa shape index (κ1) is 11.1. The van der Waals surface area contributed by atoms with Gasteiger partial charge in [-0.1, -0.05) is 11.6 Å². The topological polar surface area (TPSA) is 44.8 Å². The maximum Gasteiger partial charge on any atom is 0.350 e. The van der Waals surface area contributed by atoms with Crippen molar-refractivity contribution in [2.45, 2.75) is 13.0 Å². The van der Waals surface area contributed by atoms with Crippen molar-refractivity contribution in [2.24, 2.45) is 0 Å². The minimum absolute atomic E-state index is 0.160. The number of carbonyl (C=O) groups is 1. The van der Waals surface area contributed by atoms with E-state index in [1.807, 2.05) is 0 Å². The fourth-order valence-electron chi connectivity index (χ4n) is 1.40. The zero-order chi connectivity index (χ0) is 11.5. The van der Waals surface area contributed by atoms with E-state index in [1.54, 1.807) is 25.1 Å². The average Bonchev–Trinajstić information content (AvgIpc) is 2.28. The predicted molar refractivity (Wildman–Crippen MR) is 58.0 cm³/mol. The van der Waals surface area contributed by atoms with Gasteiger partial charge in [-0.15, -0.1) is 0 Å². The van der Waals surface area contributed by atoms with Gasteiger partial charge in [0.1, 0.15) is 6.61 Å². The lowest BCUT2D eigenvalue weighted by molar-refractivity contribution is -0.153. The van der Waals surface area contributed by atoms with Gasteiger partial charge in [0.2, 0.25) is 6.10 Å². The minimum atomic E-state index is -0.717. The Kier molecular flexibility index (Phi) is 3.19. The maximum absolute atomic E-state index is 11.4. The van der Waals surface area contributed by atoms with Crippen molar-refractivity contribution in [1.82, 2.24) is 0 Å². The molecular weight excluding hydrogens is 232 g/mol. The van der Waals surface area contributed by atoms with Crippen molar-refractivity contribution in [2.75, 3.05) is 13.2 Å². The van der Waals surface area contributed by atoms with Crippen molar-refractivity contribution in [3.63, 3.8) is 0 Å². The lowest BCUT2D eigenvalue weighted by Gasteiger charge is -2.24. The summed E-state index contributed by atoms with van der Waals surface area (Å²) in [6.45, 7) is 2.22. The molecule has 1 heterocycles. The first-order valence-electron chi connectivity index (χ1n) is 4.96. The van der Waals surface area contributed by atoms with Gasteiger partial charge < -0.3 is 14.2 Å². The Morgan fingerprint density at radius 3 is 3.12 bits per heavy atom. The maximum atomic E-state index is 11.4. The monoisotopic (exact) mass is 242 g/mol. The van der Waals surface area contributed by atoms with Crippen LogP contribution < -0.4 is 9.47 Å². The second kappa shape index (κ2) is 4.61. The highest BCUT2D eigenvalue weighted by molar-refractivity contribution is 6.30. The van der Waals surface area contributed by atoms with Gasteiger partial charge in [-0.25, -0.2) is 4.79 Å². The Balaban J connectivity index is 2.13. The van der Waals surface area contributed by atoms with Crippen molar-refractivity contribution >= 4 is 17.6 Å². The summed E-state index contributed by atoms with van der Waals surface area (Å²) in [5.41, 5.74) is 0. The normalized spacial score (nSPS) is 18.0. The molecule has 0 radical (unpaired) electrons. The number of rotatable bonds is 2. The molecule has 0 spiro atoms. The summed E-state index contributed by atoms with van der Waals surface area (Å²) in [6.07, 6.45) is -0.717. The van der Waals surface area contributed by atoms with Crippen LogP contribution in [0.2, 0.25) is 5.02 Å². The van der Waals surface area contributed by atoms with E-state index in [0.717, 1.165) is 0 Å². The van der Waals surface area contributed by atoms with Crippen LogP contribution in [-0.4, -0.2) is 25.3 Å². The molecule has 1 atom stereocenters. The summed E-state index contributed by atoms with van der Waals surface area (Å²) < 4.78 is 15.7. The van der Waals surface area contributed by atoms with Crippen LogP contribution in [0.25, 0.3) is 0 Å². The molecule has 2 rings (SSSR count). The number of benzene rings is 1. The van der Waals surface area contributed by atoms with Gasteiger partial charge in [0.05, 0.1) is 6.61 Å². The first-order chi connectivity index (χ1) is 7.70. The molecule has 5 heteroatoms. The number of fused-ring (bicyclic) bond motifs is 1.